The molecule has 64 heavy (non-hydrogen) atoms. The Hall–Kier alpha value is -3.55. The van der Waals surface area contributed by atoms with E-state index in [1.165, 1.54) is 11.3 Å². The Kier molecular flexibility index (Phi) is 24.4. The molecule has 1 saturated heterocycles. The number of likely N-dealkylation sites (N-methyl/N-ethyl adjacent to an activating group) is 2. The van der Waals surface area contributed by atoms with Gasteiger partial charge in [0, 0.05) is 45.9 Å². The molecule has 3 rings (SSSR count). The number of rotatable bonds is 30. The molecule has 2 heterocycles. The number of nitrogens with zero attached hydrogens (tertiary/aromatic N) is 4. The number of aromatic nitrogens is 1. The van der Waals surface area contributed by atoms with Crippen LogP contribution in [-0.4, -0.2) is 154 Å². The van der Waals surface area contributed by atoms with Crippen LogP contribution in [-0.2, 0) is 49.4 Å². The average Bonchev–Trinajstić information content (AvgIpc) is 4.00. The van der Waals surface area contributed by atoms with Crippen LogP contribution in [0.1, 0.15) is 90.8 Å². The number of nitrogens with one attached hydrogen (secondary N) is 2. The molecule has 1 aliphatic heterocycles. The van der Waals surface area contributed by atoms with Crippen LogP contribution >= 0.6 is 11.3 Å². The fourth-order valence-corrected chi connectivity index (χ4v) is 9.52. The van der Waals surface area contributed by atoms with E-state index in [0.29, 0.717) is 59.0 Å². The Labute approximate surface area is 386 Å². The Bertz CT molecular complexity index is 1660. The maximum atomic E-state index is 14.6. The molecule has 1 aliphatic rings. The van der Waals surface area contributed by atoms with Crippen LogP contribution in [0.15, 0.2) is 41.9 Å². The van der Waals surface area contributed by atoms with Crippen LogP contribution in [0, 0.1) is 23.7 Å². The fourth-order valence-electron chi connectivity index (χ4n) is 8.83. The van der Waals surface area contributed by atoms with Crippen LogP contribution in [0.3, 0.4) is 0 Å². The number of amides is 4. The average molecular weight is 918 g/mol. The molecule has 0 spiro atoms. The quantitative estimate of drug-likeness (QED) is 0.0738. The second-order valence-electron chi connectivity index (χ2n) is 17.7. The van der Waals surface area contributed by atoms with E-state index in [0.717, 1.165) is 23.4 Å². The summed E-state index contributed by atoms with van der Waals surface area (Å²) in [4.78, 5) is 71.5. The van der Waals surface area contributed by atoms with Gasteiger partial charge < -0.3 is 44.2 Å². The van der Waals surface area contributed by atoms with Crippen molar-refractivity contribution in [2.75, 3.05) is 74.4 Å². The second-order valence-corrected chi connectivity index (χ2v) is 18.6. The van der Waals surface area contributed by atoms with Crippen LogP contribution in [0.25, 0.3) is 0 Å². The zero-order valence-electron chi connectivity index (χ0n) is 40.3. The molecule has 0 saturated carbocycles. The molecule has 4 amide bonds. The van der Waals surface area contributed by atoms with Gasteiger partial charge in [-0.15, -0.1) is 11.3 Å². The van der Waals surface area contributed by atoms with Gasteiger partial charge in [0.2, 0.25) is 23.6 Å². The van der Waals surface area contributed by atoms with Crippen molar-refractivity contribution in [2.24, 2.45) is 29.6 Å². The van der Waals surface area contributed by atoms with Crippen molar-refractivity contribution in [3.8, 4) is 0 Å². The minimum absolute atomic E-state index is 0.0229. The third kappa shape index (κ3) is 16.1. The predicted molar refractivity (Wildman–Crippen MR) is 249 cm³/mol. The highest BCUT2D eigenvalue weighted by molar-refractivity contribution is 7.09. The van der Waals surface area contributed by atoms with Gasteiger partial charge in [-0.1, -0.05) is 85.2 Å². The van der Waals surface area contributed by atoms with Crippen LogP contribution in [0.5, 0.6) is 0 Å². The van der Waals surface area contributed by atoms with Crippen LogP contribution in [0.4, 0.5) is 0 Å². The van der Waals surface area contributed by atoms with E-state index in [2.05, 4.69) is 27.4 Å². The lowest BCUT2D eigenvalue weighted by molar-refractivity contribution is -0.148. The molecule has 1 aromatic heterocycles. The summed E-state index contributed by atoms with van der Waals surface area (Å²) in [5.74, 6) is 3.33. The van der Waals surface area contributed by atoms with E-state index in [9.17, 15) is 19.2 Å². The van der Waals surface area contributed by atoms with E-state index in [4.69, 9.17) is 24.8 Å². The number of likely N-dealkylation sites (tertiary alicyclic amines) is 1. The molecular weight excluding hydrogens is 839 g/mol. The number of carbonyl (C=O) groups excluding carboxylic acids is 4. The number of methoxy groups -OCH3 is 2. The van der Waals surface area contributed by atoms with Crippen molar-refractivity contribution in [2.45, 2.75) is 123 Å². The van der Waals surface area contributed by atoms with Crippen LogP contribution < -0.4 is 16.5 Å². The molecule has 0 bridgehead atoms. The number of benzene rings is 1. The minimum atomic E-state index is -0.821. The lowest BCUT2D eigenvalue weighted by Crippen LogP contribution is -2.60. The molecule has 1 aromatic carbocycles. The highest BCUT2D eigenvalue weighted by atomic mass is 32.1. The first kappa shape index (κ1) is 54.8. The lowest BCUT2D eigenvalue weighted by atomic mass is 9.89. The summed E-state index contributed by atoms with van der Waals surface area (Å²) in [5, 5.41) is 9.06. The van der Waals surface area contributed by atoms with Crippen molar-refractivity contribution >= 4 is 35.0 Å². The summed E-state index contributed by atoms with van der Waals surface area (Å²) in [7, 11) is 6.78. The van der Waals surface area contributed by atoms with Gasteiger partial charge in [-0.25, -0.2) is 10.9 Å². The molecule has 16 nitrogen and oxygen atoms in total. The minimum Gasteiger partial charge on any atom is -0.379 e. The van der Waals surface area contributed by atoms with E-state index in [1.807, 2.05) is 94.1 Å². The number of ether oxygens (including phenoxy) is 4. The van der Waals surface area contributed by atoms with Gasteiger partial charge in [0.1, 0.15) is 11.0 Å². The van der Waals surface area contributed by atoms with Gasteiger partial charge in [0.05, 0.1) is 81.7 Å². The molecule has 1 fully saturated rings. The Morgan fingerprint density at radius 1 is 0.906 bits per heavy atom. The third-order valence-electron chi connectivity index (χ3n) is 12.5. The third-order valence-corrected chi connectivity index (χ3v) is 13.4. The van der Waals surface area contributed by atoms with E-state index >= 15 is 0 Å². The molecule has 2 aromatic rings. The summed E-state index contributed by atoms with van der Waals surface area (Å²) in [6.45, 7) is 16.6. The summed E-state index contributed by atoms with van der Waals surface area (Å²) < 4.78 is 23.3. The molecule has 0 aliphatic carbocycles. The highest BCUT2D eigenvalue weighted by Crippen LogP contribution is 2.30. The first-order valence-electron chi connectivity index (χ1n) is 22.9. The maximum absolute atomic E-state index is 14.6. The van der Waals surface area contributed by atoms with Gasteiger partial charge >= 0.3 is 0 Å². The zero-order valence-corrected chi connectivity index (χ0v) is 41.1. The van der Waals surface area contributed by atoms with Gasteiger partial charge in [0.25, 0.3) is 0 Å². The number of nitrogens with two attached hydrogens (primary N) is 1. The smallest absolute Gasteiger partial charge is 0.245 e. The number of carbonyl (C=O) groups is 4. The highest BCUT2D eigenvalue weighted by Gasteiger charge is 2.43. The Morgan fingerprint density at radius 2 is 1.58 bits per heavy atom. The molecule has 362 valence electrons. The summed E-state index contributed by atoms with van der Waals surface area (Å²) in [6.07, 6.45) is 3.32. The number of hydrogen-bond acceptors (Lipinski definition) is 13. The van der Waals surface area contributed by atoms with Gasteiger partial charge in [-0.3, -0.25) is 24.1 Å². The van der Waals surface area contributed by atoms with E-state index in [-0.39, 0.29) is 59.9 Å². The Balaban J connectivity index is 1.72. The predicted octanol–water partition coefficient (Wildman–Crippen LogP) is 4.48. The molecule has 17 heteroatoms. The van der Waals surface area contributed by atoms with Gasteiger partial charge in [-0.2, -0.15) is 0 Å². The largest absolute Gasteiger partial charge is 0.379 e. The molecule has 0 unspecified atom stereocenters. The topological polar surface area (TPSA) is 187 Å². The summed E-state index contributed by atoms with van der Waals surface area (Å²) in [6, 6.07) is 7.54. The van der Waals surface area contributed by atoms with Crippen molar-refractivity contribution < 1.29 is 43.0 Å². The van der Waals surface area contributed by atoms with Gasteiger partial charge in [0.15, 0.2) is 0 Å². The monoisotopic (exact) mass is 918 g/mol. The number of thiazole rings is 1. The number of hydrogen-bond donors (Lipinski definition) is 3. The fraction of sp³-hybridized carbons (Fsp3) is 0.723. The standard InChI is InChI=1S/C47H79N7O9S/c1-12-33(6)42(53(9)47(58)40(31(2)3)51-45(57)41(32(4)5)52(8)22-23-61-24-25-62-26-27-63-48)38(59-10)30-39(55)54-21-16-19-37(54)43(60-11)34(7)44(56)50-36(46-49-20-28-64-46)29-35-17-14-13-15-18-35/h13-15,17-18,20,28,31-34,36-38,40-43H,12,16,19,21-27,29-30,48H2,1-11H3,(H,50,56)(H,51,57)/t33-,34+,36-,37-,38+,40-,41-,42-,43+/m0/s1. The second kappa shape index (κ2) is 28.5. The SMILES string of the molecule is CC[C@H](C)[C@@H]([C@@H](CC(=O)N1CCC[C@H]1[C@H](OC)[C@@H](C)C(=O)N[C@@H](Cc1ccccc1)c1nccs1)OC)N(C)C(=O)[C@@H](NC(=O)[C@H](C(C)C)N(C)CCOCCOCCON)C(C)C. The first-order valence-corrected chi connectivity index (χ1v) is 23.8. The summed E-state index contributed by atoms with van der Waals surface area (Å²) >= 11 is 1.50. The molecular formula is C47H79N7O9S. The molecule has 9 atom stereocenters. The summed E-state index contributed by atoms with van der Waals surface area (Å²) in [5.41, 5.74) is 1.08. The van der Waals surface area contributed by atoms with Crippen molar-refractivity contribution in [1.29, 1.82) is 0 Å². The molecule has 0 radical (unpaired) electrons. The Morgan fingerprint density at radius 3 is 2.16 bits per heavy atom. The van der Waals surface area contributed by atoms with E-state index in [1.54, 1.807) is 32.4 Å². The molecule has 4 N–H and O–H groups in total. The van der Waals surface area contributed by atoms with Crippen molar-refractivity contribution in [3.63, 3.8) is 0 Å². The van der Waals surface area contributed by atoms with Gasteiger partial charge in [-0.05, 0) is 49.6 Å². The maximum Gasteiger partial charge on any atom is 0.245 e. The zero-order chi connectivity index (χ0) is 47.3. The van der Waals surface area contributed by atoms with Crippen LogP contribution in [0.2, 0.25) is 0 Å². The van der Waals surface area contributed by atoms with Crippen molar-refractivity contribution in [1.82, 2.24) is 30.3 Å². The normalized spacial score (nSPS) is 18.0. The lowest BCUT2D eigenvalue weighted by Gasteiger charge is -2.41. The van der Waals surface area contributed by atoms with E-state index < -0.39 is 36.3 Å². The first-order chi connectivity index (χ1) is 30.6. The van der Waals surface area contributed by atoms with Crippen molar-refractivity contribution in [3.05, 3.63) is 52.5 Å².